The van der Waals surface area contributed by atoms with Crippen molar-refractivity contribution in [3.8, 4) is 0 Å². The number of aromatic amines is 1. The van der Waals surface area contributed by atoms with E-state index < -0.39 is 0 Å². The predicted octanol–water partition coefficient (Wildman–Crippen LogP) is 3.81. The van der Waals surface area contributed by atoms with Crippen LogP contribution in [0, 0.1) is 5.92 Å². The summed E-state index contributed by atoms with van der Waals surface area (Å²) < 4.78 is 0. The number of anilines is 2. The van der Waals surface area contributed by atoms with Gasteiger partial charge in [0, 0.05) is 40.8 Å². The van der Waals surface area contributed by atoms with Gasteiger partial charge in [-0.3, -0.25) is 9.59 Å². The molecule has 6 heteroatoms. The van der Waals surface area contributed by atoms with Gasteiger partial charge in [0.25, 0.3) is 0 Å². The average molecular weight is 354 g/mol. The fourth-order valence-electron chi connectivity index (χ4n) is 3.21. The van der Waals surface area contributed by atoms with E-state index in [1.807, 2.05) is 36.5 Å². The predicted molar refractivity (Wildman–Crippen MR) is 98.8 cm³/mol. The zero-order valence-corrected chi connectivity index (χ0v) is 14.1. The number of amides is 2. The Hall–Kier alpha value is -2.79. The Morgan fingerprint density at radius 1 is 1.20 bits per heavy atom. The van der Waals surface area contributed by atoms with Crippen molar-refractivity contribution in [3.05, 3.63) is 59.8 Å². The van der Waals surface area contributed by atoms with E-state index in [2.05, 4.69) is 10.3 Å². The maximum atomic E-state index is 12.6. The van der Waals surface area contributed by atoms with Crippen LogP contribution in [-0.2, 0) is 9.59 Å². The molecule has 1 aliphatic heterocycles. The second kappa shape index (κ2) is 6.26. The van der Waals surface area contributed by atoms with Crippen LogP contribution in [0.15, 0.2) is 54.7 Å². The Labute approximate surface area is 149 Å². The Morgan fingerprint density at radius 2 is 2.04 bits per heavy atom. The van der Waals surface area contributed by atoms with Gasteiger partial charge in [-0.15, -0.1) is 0 Å². The lowest BCUT2D eigenvalue weighted by Gasteiger charge is -2.17. The number of fused-ring (bicyclic) bond motifs is 1. The van der Waals surface area contributed by atoms with Crippen molar-refractivity contribution in [1.29, 1.82) is 0 Å². The van der Waals surface area contributed by atoms with E-state index in [-0.39, 0.29) is 24.2 Å². The van der Waals surface area contributed by atoms with Crippen LogP contribution in [0.5, 0.6) is 0 Å². The average Bonchev–Trinajstić information content (AvgIpc) is 3.22. The number of H-pyrrole nitrogens is 1. The molecule has 0 radical (unpaired) electrons. The van der Waals surface area contributed by atoms with Gasteiger partial charge in [0.1, 0.15) is 0 Å². The number of nitrogens with one attached hydrogen (secondary N) is 2. The highest BCUT2D eigenvalue weighted by atomic mass is 35.5. The van der Waals surface area contributed by atoms with Crippen molar-refractivity contribution < 1.29 is 9.59 Å². The van der Waals surface area contributed by atoms with Crippen LogP contribution >= 0.6 is 11.6 Å². The highest BCUT2D eigenvalue weighted by Crippen LogP contribution is 2.29. The molecule has 126 valence electrons. The number of aromatic nitrogens is 1. The third-order valence-electron chi connectivity index (χ3n) is 4.47. The summed E-state index contributed by atoms with van der Waals surface area (Å²) in [5.41, 5.74) is 2.43. The van der Waals surface area contributed by atoms with E-state index in [1.165, 1.54) is 0 Å². The lowest BCUT2D eigenvalue weighted by molar-refractivity contribution is -0.122. The van der Waals surface area contributed by atoms with Gasteiger partial charge in [0.2, 0.25) is 11.8 Å². The summed E-state index contributed by atoms with van der Waals surface area (Å²) in [5.74, 6) is -0.602. The van der Waals surface area contributed by atoms with E-state index in [0.717, 1.165) is 22.3 Å². The number of nitrogens with zero attached hydrogens (tertiary/aromatic N) is 1. The molecule has 25 heavy (non-hydrogen) atoms. The molecule has 1 aromatic heterocycles. The smallest absolute Gasteiger partial charge is 0.229 e. The Bertz CT molecular complexity index is 966. The third-order valence-corrected chi connectivity index (χ3v) is 4.70. The van der Waals surface area contributed by atoms with Crippen LogP contribution < -0.4 is 10.2 Å². The van der Waals surface area contributed by atoms with Crippen LogP contribution in [0.2, 0.25) is 5.02 Å². The Kier molecular flexibility index (Phi) is 3.93. The molecule has 2 heterocycles. The monoisotopic (exact) mass is 353 g/mol. The van der Waals surface area contributed by atoms with Crippen LogP contribution in [0.1, 0.15) is 6.42 Å². The highest BCUT2D eigenvalue weighted by molar-refractivity contribution is 6.31. The summed E-state index contributed by atoms with van der Waals surface area (Å²) in [4.78, 5) is 29.7. The summed E-state index contributed by atoms with van der Waals surface area (Å²) >= 11 is 6.00. The number of hydrogen-bond acceptors (Lipinski definition) is 2. The largest absolute Gasteiger partial charge is 0.361 e. The summed E-state index contributed by atoms with van der Waals surface area (Å²) in [5, 5.41) is 4.47. The zero-order valence-electron chi connectivity index (χ0n) is 13.3. The minimum absolute atomic E-state index is 0.0673. The van der Waals surface area contributed by atoms with E-state index in [9.17, 15) is 9.59 Å². The van der Waals surface area contributed by atoms with Gasteiger partial charge in [-0.2, -0.15) is 0 Å². The molecule has 3 aromatic rings. The van der Waals surface area contributed by atoms with Crippen molar-refractivity contribution in [2.45, 2.75) is 6.42 Å². The van der Waals surface area contributed by atoms with Gasteiger partial charge in [0.15, 0.2) is 0 Å². The second-order valence-corrected chi connectivity index (χ2v) is 6.56. The van der Waals surface area contributed by atoms with Crippen molar-refractivity contribution in [2.75, 3.05) is 16.8 Å². The SMILES string of the molecule is O=C(Nc1cccc2[nH]ccc12)[C@H]1CC(=O)N(c2cccc(Cl)c2)C1. The lowest BCUT2D eigenvalue weighted by atomic mass is 10.1. The molecule has 0 bridgehead atoms. The van der Waals surface area contributed by atoms with Gasteiger partial charge in [0.05, 0.1) is 11.6 Å². The zero-order chi connectivity index (χ0) is 17.4. The molecule has 4 rings (SSSR count). The summed E-state index contributed by atoms with van der Waals surface area (Å²) in [6, 6.07) is 14.7. The topological polar surface area (TPSA) is 65.2 Å². The Morgan fingerprint density at radius 3 is 2.88 bits per heavy atom. The van der Waals surface area contributed by atoms with Gasteiger partial charge < -0.3 is 15.2 Å². The van der Waals surface area contributed by atoms with Gasteiger partial charge in [-0.05, 0) is 36.4 Å². The van der Waals surface area contributed by atoms with Crippen LogP contribution in [0.4, 0.5) is 11.4 Å². The Balaban J connectivity index is 1.52. The first-order valence-corrected chi connectivity index (χ1v) is 8.42. The van der Waals surface area contributed by atoms with Crippen LogP contribution in [0.25, 0.3) is 10.9 Å². The summed E-state index contributed by atoms with van der Waals surface area (Å²) in [7, 11) is 0. The maximum Gasteiger partial charge on any atom is 0.229 e. The van der Waals surface area contributed by atoms with Crippen molar-refractivity contribution in [2.24, 2.45) is 5.92 Å². The first-order valence-electron chi connectivity index (χ1n) is 8.05. The van der Waals surface area contributed by atoms with Crippen LogP contribution in [-0.4, -0.2) is 23.3 Å². The lowest BCUT2D eigenvalue weighted by Crippen LogP contribution is -2.28. The summed E-state index contributed by atoms with van der Waals surface area (Å²) in [6.45, 7) is 0.355. The molecule has 5 nitrogen and oxygen atoms in total. The van der Waals surface area contributed by atoms with E-state index in [0.29, 0.717) is 11.6 Å². The van der Waals surface area contributed by atoms with Crippen molar-refractivity contribution in [1.82, 2.24) is 4.98 Å². The molecule has 0 saturated carbocycles. The van der Waals surface area contributed by atoms with Crippen LogP contribution in [0.3, 0.4) is 0 Å². The standard InChI is InChI=1S/C19H16ClN3O2/c20-13-3-1-4-14(10-13)23-11-12(9-18(23)24)19(25)22-17-6-2-5-16-15(17)7-8-21-16/h1-8,10,12,21H,9,11H2,(H,22,25)/t12-/m0/s1. The molecule has 0 spiro atoms. The molecule has 1 fully saturated rings. The van der Waals surface area contributed by atoms with Gasteiger partial charge in [-0.1, -0.05) is 23.7 Å². The fourth-order valence-corrected chi connectivity index (χ4v) is 3.39. The van der Waals surface area contributed by atoms with E-state index >= 15 is 0 Å². The first-order chi connectivity index (χ1) is 12.1. The minimum atomic E-state index is -0.388. The van der Waals surface area contributed by atoms with Gasteiger partial charge in [-0.25, -0.2) is 0 Å². The first kappa shape index (κ1) is 15.7. The number of benzene rings is 2. The molecule has 2 N–H and O–H groups in total. The van der Waals surface area contributed by atoms with Crippen molar-refractivity contribution >= 4 is 45.7 Å². The molecule has 2 aromatic carbocycles. The molecule has 1 atom stereocenters. The molecule has 2 amide bonds. The maximum absolute atomic E-state index is 12.6. The van der Waals surface area contributed by atoms with E-state index in [4.69, 9.17) is 11.6 Å². The molecule has 0 unspecified atom stereocenters. The molecule has 1 aliphatic rings. The molecule has 1 saturated heterocycles. The second-order valence-electron chi connectivity index (χ2n) is 6.12. The number of halogens is 1. The molecular weight excluding hydrogens is 338 g/mol. The number of rotatable bonds is 3. The summed E-state index contributed by atoms with van der Waals surface area (Å²) in [6.07, 6.45) is 2.03. The number of carbonyl (C=O) groups excluding carboxylic acids is 2. The fraction of sp³-hybridized carbons (Fsp3) is 0.158. The minimum Gasteiger partial charge on any atom is -0.361 e. The highest BCUT2D eigenvalue weighted by Gasteiger charge is 2.35. The number of hydrogen-bond donors (Lipinski definition) is 2. The van der Waals surface area contributed by atoms with Gasteiger partial charge >= 0.3 is 0 Å². The normalized spacial score (nSPS) is 17.2. The van der Waals surface area contributed by atoms with E-state index in [1.54, 1.807) is 23.1 Å². The molecular formula is C19H16ClN3O2. The van der Waals surface area contributed by atoms with Crippen molar-refractivity contribution in [3.63, 3.8) is 0 Å². The quantitative estimate of drug-likeness (QED) is 0.752. The molecule has 0 aliphatic carbocycles. The number of carbonyl (C=O) groups is 2. The third kappa shape index (κ3) is 2.98.